The Morgan fingerprint density at radius 3 is 2.26 bits per heavy atom. The topological polar surface area (TPSA) is 47.9 Å². The molecule has 3 aromatic rings. The predicted molar refractivity (Wildman–Crippen MR) is 126 cm³/mol. The van der Waals surface area contributed by atoms with Crippen LogP contribution in [0.4, 0.5) is 11.4 Å². The highest BCUT2D eigenvalue weighted by Crippen LogP contribution is 2.33. The van der Waals surface area contributed by atoms with Crippen molar-refractivity contribution in [3.8, 4) is 0 Å². The molecule has 0 bridgehead atoms. The lowest BCUT2D eigenvalue weighted by atomic mass is 9.99. The van der Waals surface area contributed by atoms with Gasteiger partial charge in [0.25, 0.3) is 0 Å². The van der Waals surface area contributed by atoms with Crippen LogP contribution in [-0.4, -0.2) is 49.2 Å². The summed E-state index contributed by atoms with van der Waals surface area (Å²) in [6, 6.07) is 27.0. The maximum Gasteiger partial charge on any atom is 0.246 e. The second kappa shape index (κ2) is 8.74. The number of aliphatic imine (C=N–C) groups is 1. The van der Waals surface area contributed by atoms with Crippen molar-refractivity contribution in [2.24, 2.45) is 4.99 Å². The molecule has 5 nitrogen and oxygen atoms in total. The molecule has 0 radical (unpaired) electrons. The van der Waals surface area contributed by atoms with E-state index in [0.717, 1.165) is 60.9 Å². The van der Waals surface area contributed by atoms with Crippen molar-refractivity contribution < 1.29 is 4.79 Å². The van der Waals surface area contributed by atoms with Crippen LogP contribution in [0.5, 0.6) is 0 Å². The molecule has 1 amide bonds. The Bertz CT molecular complexity index is 1090. The van der Waals surface area contributed by atoms with Gasteiger partial charge in [0.1, 0.15) is 6.54 Å². The van der Waals surface area contributed by atoms with Gasteiger partial charge in [0, 0.05) is 43.9 Å². The van der Waals surface area contributed by atoms with Gasteiger partial charge in [0.2, 0.25) is 5.91 Å². The number of para-hydroxylation sites is 1. The Balaban J connectivity index is 1.39. The minimum Gasteiger partial charge on any atom is -0.367 e. The molecule has 0 atom stereocenters. The zero-order chi connectivity index (χ0) is 21.0. The molecule has 2 heterocycles. The van der Waals surface area contributed by atoms with E-state index in [1.807, 2.05) is 30.3 Å². The molecular weight excluding hydrogens is 384 g/mol. The molecule has 5 heteroatoms. The van der Waals surface area contributed by atoms with Crippen molar-refractivity contribution in [1.82, 2.24) is 4.90 Å². The van der Waals surface area contributed by atoms with Crippen LogP contribution in [0, 0.1) is 0 Å². The number of carbonyl (C=O) groups excluding carboxylic acids is 1. The van der Waals surface area contributed by atoms with Crippen LogP contribution in [0.15, 0.2) is 83.9 Å². The molecule has 0 aromatic heterocycles. The zero-order valence-corrected chi connectivity index (χ0v) is 17.5. The van der Waals surface area contributed by atoms with Gasteiger partial charge in [-0.05, 0) is 11.6 Å². The Hall–Kier alpha value is -3.44. The van der Waals surface area contributed by atoms with Crippen LogP contribution in [0.3, 0.4) is 0 Å². The highest BCUT2D eigenvalue weighted by Gasteiger charge is 2.25. The average molecular weight is 411 g/mol. The first-order valence-corrected chi connectivity index (χ1v) is 10.8. The number of fused-ring (bicyclic) bond motifs is 1. The van der Waals surface area contributed by atoms with Gasteiger partial charge in [-0.25, -0.2) is 0 Å². The summed E-state index contributed by atoms with van der Waals surface area (Å²) in [7, 11) is 0. The normalized spacial score (nSPS) is 16.8. The highest BCUT2D eigenvalue weighted by molar-refractivity contribution is 6.20. The molecule has 156 valence electrons. The van der Waals surface area contributed by atoms with Crippen LogP contribution in [0.2, 0.25) is 0 Å². The van der Waals surface area contributed by atoms with Gasteiger partial charge in [-0.1, -0.05) is 72.8 Å². The van der Waals surface area contributed by atoms with Crippen LogP contribution < -0.4 is 10.2 Å². The van der Waals surface area contributed by atoms with Crippen molar-refractivity contribution in [2.45, 2.75) is 6.54 Å². The molecule has 31 heavy (non-hydrogen) atoms. The molecule has 2 aliphatic rings. The minimum atomic E-state index is -0.0673. The Morgan fingerprint density at radius 2 is 1.52 bits per heavy atom. The second-order valence-electron chi connectivity index (χ2n) is 8.03. The molecule has 3 aromatic carbocycles. The van der Waals surface area contributed by atoms with E-state index >= 15 is 0 Å². The fourth-order valence-corrected chi connectivity index (χ4v) is 4.38. The molecule has 0 saturated carbocycles. The number of hydrogen-bond donors (Lipinski definition) is 1. The summed E-state index contributed by atoms with van der Waals surface area (Å²) in [6.07, 6.45) is 0. The Labute approximate surface area is 183 Å². The molecule has 5 rings (SSSR count). The van der Waals surface area contributed by atoms with Crippen molar-refractivity contribution in [1.29, 1.82) is 0 Å². The van der Waals surface area contributed by atoms with Gasteiger partial charge < -0.3 is 10.2 Å². The van der Waals surface area contributed by atoms with E-state index in [1.165, 1.54) is 5.56 Å². The number of amides is 1. The number of hydrogen-bond acceptors (Lipinski definition) is 4. The van der Waals surface area contributed by atoms with Gasteiger partial charge >= 0.3 is 0 Å². The van der Waals surface area contributed by atoms with E-state index in [0.29, 0.717) is 0 Å². The number of nitrogens with one attached hydrogen (secondary N) is 1. The standard InChI is InChI=1S/C26H26N4O/c31-24-18-27-25(21-10-5-2-6-11-21)22-12-7-13-23(26(22)28-24)30-16-14-29(15-17-30)19-20-8-3-1-4-9-20/h1-13H,14-19H2,(H,28,31). The van der Waals surface area contributed by atoms with E-state index < -0.39 is 0 Å². The van der Waals surface area contributed by atoms with E-state index in [1.54, 1.807) is 0 Å². The van der Waals surface area contributed by atoms with Crippen molar-refractivity contribution in [3.63, 3.8) is 0 Å². The van der Waals surface area contributed by atoms with E-state index in [4.69, 9.17) is 0 Å². The quantitative estimate of drug-likeness (QED) is 0.712. The summed E-state index contributed by atoms with van der Waals surface area (Å²) in [4.78, 5) is 22.0. The summed E-state index contributed by atoms with van der Waals surface area (Å²) in [6.45, 7) is 4.96. The lowest BCUT2D eigenvalue weighted by Crippen LogP contribution is -2.46. The number of anilines is 2. The van der Waals surface area contributed by atoms with Gasteiger partial charge in [-0.2, -0.15) is 0 Å². The summed E-state index contributed by atoms with van der Waals surface area (Å²) < 4.78 is 0. The first kappa shape index (κ1) is 19.5. The van der Waals surface area contributed by atoms with E-state index in [9.17, 15) is 4.79 Å². The maximum absolute atomic E-state index is 12.5. The van der Waals surface area contributed by atoms with Crippen molar-refractivity contribution >= 4 is 23.0 Å². The van der Waals surface area contributed by atoms with Gasteiger partial charge in [-0.15, -0.1) is 0 Å². The Morgan fingerprint density at radius 1 is 0.806 bits per heavy atom. The fraction of sp³-hybridized carbons (Fsp3) is 0.231. The molecule has 2 aliphatic heterocycles. The third-order valence-corrected chi connectivity index (χ3v) is 5.95. The molecule has 1 fully saturated rings. The summed E-state index contributed by atoms with van der Waals surface area (Å²) in [5.74, 6) is -0.0673. The van der Waals surface area contributed by atoms with Crippen LogP contribution in [0.1, 0.15) is 16.7 Å². The zero-order valence-electron chi connectivity index (χ0n) is 17.5. The lowest BCUT2D eigenvalue weighted by Gasteiger charge is -2.37. The predicted octanol–water partition coefficient (Wildman–Crippen LogP) is 3.80. The number of rotatable bonds is 4. The molecule has 1 saturated heterocycles. The minimum absolute atomic E-state index is 0.0673. The van der Waals surface area contributed by atoms with Crippen LogP contribution in [-0.2, 0) is 11.3 Å². The second-order valence-corrected chi connectivity index (χ2v) is 8.03. The van der Waals surface area contributed by atoms with E-state index in [2.05, 4.69) is 68.6 Å². The first-order valence-electron chi connectivity index (χ1n) is 10.8. The average Bonchev–Trinajstić information content (AvgIpc) is 2.99. The van der Waals surface area contributed by atoms with Gasteiger partial charge in [-0.3, -0.25) is 14.7 Å². The molecule has 0 unspecified atom stereocenters. The molecule has 1 N–H and O–H groups in total. The number of benzene rings is 3. The third-order valence-electron chi connectivity index (χ3n) is 5.95. The van der Waals surface area contributed by atoms with Gasteiger partial charge in [0.15, 0.2) is 0 Å². The summed E-state index contributed by atoms with van der Waals surface area (Å²) >= 11 is 0. The van der Waals surface area contributed by atoms with Crippen LogP contribution in [0.25, 0.3) is 0 Å². The number of carbonyl (C=O) groups is 1. The molecular formula is C26H26N4O. The highest BCUT2D eigenvalue weighted by atomic mass is 16.1. The van der Waals surface area contributed by atoms with Crippen molar-refractivity contribution in [3.05, 3.63) is 95.6 Å². The molecule has 0 aliphatic carbocycles. The van der Waals surface area contributed by atoms with Gasteiger partial charge in [0.05, 0.1) is 17.1 Å². The number of nitrogens with zero attached hydrogens (tertiary/aromatic N) is 3. The molecule has 0 spiro atoms. The first-order chi connectivity index (χ1) is 15.3. The summed E-state index contributed by atoms with van der Waals surface area (Å²) in [5, 5.41) is 3.13. The Kier molecular flexibility index (Phi) is 5.50. The van der Waals surface area contributed by atoms with E-state index in [-0.39, 0.29) is 12.5 Å². The largest absolute Gasteiger partial charge is 0.367 e. The lowest BCUT2D eigenvalue weighted by molar-refractivity contribution is -0.114. The SMILES string of the molecule is O=C1CN=C(c2ccccc2)c2cccc(N3CCN(Cc4ccccc4)CC3)c2N1. The monoisotopic (exact) mass is 410 g/mol. The van der Waals surface area contributed by atoms with Crippen LogP contribution >= 0.6 is 0 Å². The smallest absolute Gasteiger partial charge is 0.246 e. The number of piperazine rings is 1. The number of benzodiazepines with no additional fused rings is 1. The summed E-state index contributed by atoms with van der Waals surface area (Å²) in [5.41, 5.74) is 6.20. The third kappa shape index (κ3) is 4.23. The maximum atomic E-state index is 12.5. The van der Waals surface area contributed by atoms with Crippen molar-refractivity contribution in [2.75, 3.05) is 42.9 Å². The fourth-order valence-electron chi connectivity index (χ4n) is 4.38.